The fraction of sp³-hybridized carbons (Fsp3) is 0.375. The smallest absolute Gasteiger partial charge is 0.219 e. The molecule has 0 spiro atoms. The summed E-state index contributed by atoms with van der Waals surface area (Å²) >= 11 is 5.75. The molecule has 1 unspecified atom stereocenters. The first kappa shape index (κ1) is 10.7. The summed E-state index contributed by atoms with van der Waals surface area (Å²) in [4.78, 5) is 18.4. The molecule has 0 radical (unpaired) electrons. The number of hydrogen-bond donors (Lipinski definition) is 2. The minimum absolute atomic E-state index is 0.110. The molecule has 0 aromatic carbocycles. The number of rotatable bonds is 4. The summed E-state index contributed by atoms with van der Waals surface area (Å²) in [5.41, 5.74) is 5.04. The Morgan fingerprint density at radius 2 is 2.29 bits per heavy atom. The van der Waals surface area contributed by atoms with E-state index < -0.39 is 0 Å². The Morgan fingerprint density at radius 1 is 1.64 bits per heavy atom. The molecule has 0 saturated heterocycles. The lowest BCUT2D eigenvalue weighted by Gasteiger charge is -2.12. The number of primary amides is 1. The highest BCUT2D eigenvalue weighted by Crippen LogP contribution is 2.15. The van der Waals surface area contributed by atoms with Gasteiger partial charge in [-0.1, -0.05) is 11.6 Å². The lowest BCUT2D eigenvalue weighted by molar-refractivity contribution is -0.118. The number of carbonyl (C=O) groups is 1. The number of nitrogens with one attached hydrogen (secondary N) is 1. The third kappa shape index (κ3) is 3.18. The molecule has 0 fully saturated rings. The van der Waals surface area contributed by atoms with Gasteiger partial charge in [0.25, 0.3) is 0 Å². The van der Waals surface area contributed by atoms with Crippen LogP contribution in [0.15, 0.2) is 12.4 Å². The molecule has 14 heavy (non-hydrogen) atoms. The van der Waals surface area contributed by atoms with Crippen LogP contribution in [0, 0.1) is 0 Å². The molecule has 5 nitrogen and oxygen atoms in total. The number of carbonyl (C=O) groups excluding carboxylic acids is 1. The maximum Gasteiger partial charge on any atom is 0.219 e. The number of amides is 1. The van der Waals surface area contributed by atoms with Gasteiger partial charge >= 0.3 is 0 Å². The van der Waals surface area contributed by atoms with Crippen LogP contribution in [0.3, 0.4) is 0 Å². The summed E-state index contributed by atoms with van der Waals surface area (Å²) in [5.74, 6) is 0.0907. The van der Waals surface area contributed by atoms with Gasteiger partial charge in [0.1, 0.15) is 0 Å². The van der Waals surface area contributed by atoms with Crippen molar-refractivity contribution in [2.75, 3.05) is 5.32 Å². The van der Waals surface area contributed by atoms with Crippen LogP contribution < -0.4 is 11.1 Å². The van der Waals surface area contributed by atoms with E-state index in [2.05, 4.69) is 15.3 Å². The van der Waals surface area contributed by atoms with Crippen molar-refractivity contribution in [1.82, 2.24) is 9.97 Å². The van der Waals surface area contributed by atoms with E-state index in [4.69, 9.17) is 17.3 Å². The maximum atomic E-state index is 10.6. The average molecular weight is 215 g/mol. The number of hydrogen-bond acceptors (Lipinski definition) is 4. The van der Waals surface area contributed by atoms with Crippen LogP contribution in [0.2, 0.25) is 5.15 Å². The van der Waals surface area contributed by atoms with E-state index in [0.717, 1.165) is 0 Å². The van der Waals surface area contributed by atoms with E-state index in [1.807, 2.05) is 6.92 Å². The Hall–Kier alpha value is -1.36. The maximum absolute atomic E-state index is 10.6. The van der Waals surface area contributed by atoms with Crippen LogP contribution in [0.5, 0.6) is 0 Å². The molecule has 1 amide bonds. The first-order chi connectivity index (χ1) is 6.59. The number of nitrogens with zero attached hydrogens (tertiary/aromatic N) is 2. The normalized spacial score (nSPS) is 12.1. The van der Waals surface area contributed by atoms with E-state index in [1.54, 1.807) is 0 Å². The first-order valence-corrected chi connectivity index (χ1v) is 4.48. The van der Waals surface area contributed by atoms with Gasteiger partial charge in [0.2, 0.25) is 5.91 Å². The molecular weight excluding hydrogens is 204 g/mol. The van der Waals surface area contributed by atoms with Crippen molar-refractivity contribution in [3.8, 4) is 0 Å². The molecule has 6 heteroatoms. The molecule has 1 heterocycles. The number of nitrogens with two attached hydrogens (primary N) is 1. The summed E-state index contributed by atoms with van der Waals surface area (Å²) in [5, 5.41) is 3.22. The Balaban J connectivity index is 2.60. The zero-order valence-electron chi connectivity index (χ0n) is 7.70. The van der Waals surface area contributed by atoms with Gasteiger partial charge in [-0.05, 0) is 6.92 Å². The molecule has 3 N–H and O–H groups in total. The number of halogens is 1. The predicted molar refractivity (Wildman–Crippen MR) is 53.9 cm³/mol. The highest BCUT2D eigenvalue weighted by Gasteiger charge is 2.08. The minimum atomic E-state index is -0.370. The molecule has 1 aromatic heterocycles. The second-order valence-electron chi connectivity index (χ2n) is 2.91. The van der Waals surface area contributed by atoms with Crippen LogP contribution in [0.1, 0.15) is 13.3 Å². The zero-order chi connectivity index (χ0) is 10.6. The molecule has 1 aromatic rings. The molecule has 1 rings (SSSR count). The van der Waals surface area contributed by atoms with Crippen LogP contribution in [0.25, 0.3) is 0 Å². The molecule has 1 atom stereocenters. The monoisotopic (exact) mass is 214 g/mol. The standard InChI is InChI=1S/C8H11ClN4O/c1-5(4-6(10)14)13-8-7(9)11-2-3-12-8/h2-3,5H,4H2,1H3,(H2,10,14)(H,12,13). The van der Waals surface area contributed by atoms with E-state index in [0.29, 0.717) is 5.82 Å². The van der Waals surface area contributed by atoms with Gasteiger partial charge < -0.3 is 11.1 Å². The highest BCUT2D eigenvalue weighted by molar-refractivity contribution is 6.31. The fourth-order valence-corrected chi connectivity index (χ4v) is 1.16. The van der Waals surface area contributed by atoms with Gasteiger partial charge in [-0.3, -0.25) is 4.79 Å². The van der Waals surface area contributed by atoms with E-state index in [9.17, 15) is 4.79 Å². The first-order valence-electron chi connectivity index (χ1n) is 4.11. The highest BCUT2D eigenvalue weighted by atomic mass is 35.5. The molecule has 0 aliphatic rings. The van der Waals surface area contributed by atoms with E-state index in [1.165, 1.54) is 12.4 Å². The van der Waals surface area contributed by atoms with Crippen molar-refractivity contribution in [1.29, 1.82) is 0 Å². The minimum Gasteiger partial charge on any atom is -0.370 e. The van der Waals surface area contributed by atoms with Crippen molar-refractivity contribution in [3.63, 3.8) is 0 Å². The Bertz CT molecular complexity index is 331. The van der Waals surface area contributed by atoms with E-state index in [-0.39, 0.29) is 23.5 Å². The number of aromatic nitrogens is 2. The lowest BCUT2D eigenvalue weighted by Crippen LogP contribution is -2.24. The zero-order valence-corrected chi connectivity index (χ0v) is 8.45. The molecular formula is C8H11ClN4O. The van der Waals surface area contributed by atoms with Gasteiger partial charge in [-0.2, -0.15) is 0 Å². The second kappa shape index (κ2) is 4.76. The molecule has 0 aliphatic carbocycles. The summed E-state index contributed by atoms with van der Waals surface area (Å²) < 4.78 is 0. The van der Waals surface area contributed by atoms with Crippen LogP contribution >= 0.6 is 11.6 Å². The second-order valence-corrected chi connectivity index (χ2v) is 3.27. The predicted octanol–water partition coefficient (Wildman–Crippen LogP) is 0.806. The molecule has 0 saturated carbocycles. The van der Waals surface area contributed by atoms with Gasteiger partial charge in [0.05, 0.1) is 0 Å². The quantitative estimate of drug-likeness (QED) is 0.777. The third-order valence-electron chi connectivity index (χ3n) is 1.54. The van der Waals surface area contributed by atoms with Crippen molar-refractivity contribution < 1.29 is 4.79 Å². The Labute approximate surface area is 86.7 Å². The van der Waals surface area contributed by atoms with Gasteiger partial charge in [0.15, 0.2) is 11.0 Å². The SMILES string of the molecule is CC(CC(N)=O)Nc1nccnc1Cl. The molecule has 0 bridgehead atoms. The van der Waals surface area contributed by atoms with Crippen LogP contribution in [0.4, 0.5) is 5.82 Å². The van der Waals surface area contributed by atoms with Crippen molar-refractivity contribution in [3.05, 3.63) is 17.5 Å². The summed E-state index contributed by atoms with van der Waals surface area (Å²) in [7, 11) is 0. The Morgan fingerprint density at radius 3 is 2.86 bits per heavy atom. The van der Waals surface area contributed by atoms with Crippen LogP contribution in [-0.2, 0) is 4.79 Å². The topological polar surface area (TPSA) is 80.9 Å². The summed E-state index contributed by atoms with van der Waals surface area (Å²) in [6.45, 7) is 1.82. The fourth-order valence-electron chi connectivity index (χ4n) is 1.00. The summed E-state index contributed by atoms with van der Waals surface area (Å²) in [6.07, 6.45) is 3.24. The number of anilines is 1. The largest absolute Gasteiger partial charge is 0.370 e. The Kier molecular flexibility index (Phi) is 3.64. The lowest BCUT2D eigenvalue weighted by atomic mass is 10.2. The van der Waals surface area contributed by atoms with Crippen LogP contribution in [-0.4, -0.2) is 21.9 Å². The third-order valence-corrected chi connectivity index (χ3v) is 1.82. The van der Waals surface area contributed by atoms with Gasteiger partial charge in [-0.15, -0.1) is 0 Å². The van der Waals surface area contributed by atoms with Gasteiger partial charge in [-0.25, -0.2) is 9.97 Å². The molecule has 0 aliphatic heterocycles. The van der Waals surface area contributed by atoms with Crippen molar-refractivity contribution in [2.45, 2.75) is 19.4 Å². The van der Waals surface area contributed by atoms with Crippen molar-refractivity contribution >= 4 is 23.3 Å². The van der Waals surface area contributed by atoms with Crippen molar-refractivity contribution in [2.24, 2.45) is 5.73 Å². The molecule has 76 valence electrons. The average Bonchev–Trinajstić information content (AvgIpc) is 2.07. The van der Waals surface area contributed by atoms with E-state index >= 15 is 0 Å². The summed E-state index contributed by atoms with van der Waals surface area (Å²) in [6, 6.07) is -0.110. The van der Waals surface area contributed by atoms with Gasteiger partial charge in [0, 0.05) is 24.9 Å².